The highest BCUT2D eigenvalue weighted by Crippen LogP contribution is 2.30. The standard InChI is InChI=1S/C20H20N2O2/c1-12-8-13(2)21-16(12)10-18-20(23-3)11-17(22-18)15-5-4-14-6-7-24-19(14)9-15/h4-5,8-11,21H,6-7H2,1-3H3/b18-10+. The summed E-state index contributed by atoms with van der Waals surface area (Å²) in [7, 11) is 1.68. The molecule has 2 aliphatic heterocycles. The predicted molar refractivity (Wildman–Crippen MR) is 95.5 cm³/mol. The van der Waals surface area contributed by atoms with E-state index in [0.717, 1.165) is 52.9 Å². The van der Waals surface area contributed by atoms with E-state index in [1.165, 1.54) is 11.1 Å². The van der Waals surface area contributed by atoms with Crippen molar-refractivity contribution < 1.29 is 9.47 Å². The van der Waals surface area contributed by atoms with Crippen LogP contribution in [0, 0.1) is 13.8 Å². The predicted octanol–water partition coefficient (Wildman–Crippen LogP) is 3.94. The molecule has 0 saturated carbocycles. The zero-order chi connectivity index (χ0) is 16.7. The van der Waals surface area contributed by atoms with E-state index in [4.69, 9.17) is 14.5 Å². The summed E-state index contributed by atoms with van der Waals surface area (Å²) in [5.74, 6) is 1.74. The topological polar surface area (TPSA) is 46.6 Å². The van der Waals surface area contributed by atoms with Crippen molar-refractivity contribution in [3.8, 4) is 5.75 Å². The van der Waals surface area contributed by atoms with Crippen molar-refractivity contribution in [1.82, 2.24) is 4.98 Å². The van der Waals surface area contributed by atoms with Gasteiger partial charge in [-0.15, -0.1) is 0 Å². The second kappa shape index (κ2) is 5.71. The van der Waals surface area contributed by atoms with Gasteiger partial charge in [-0.05, 0) is 43.2 Å². The Morgan fingerprint density at radius 1 is 1.25 bits per heavy atom. The smallest absolute Gasteiger partial charge is 0.146 e. The van der Waals surface area contributed by atoms with Gasteiger partial charge in [0.15, 0.2) is 0 Å². The summed E-state index contributed by atoms with van der Waals surface area (Å²) < 4.78 is 11.2. The van der Waals surface area contributed by atoms with Crippen LogP contribution in [0.4, 0.5) is 0 Å². The van der Waals surface area contributed by atoms with Gasteiger partial charge in [-0.2, -0.15) is 0 Å². The third kappa shape index (κ3) is 2.54. The van der Waals surface area contributed by atoms with Crippen LogP contribution in [0.5, 0.6) is 5.75 Å². The van der Waals surface area contributed by atoms with Gasteiger partial charge in [-0.3, -0.25) is 0 Å². The molecule has 0 amide bonds. The van der Waals surface area contributed by atoms with E-state index in [-0.39, 0.29) is 0 Å². The maximum Gasteiger partial charge on any atom is 0.146 e. The number of allylic oxidation sites excluding steroid dienone is 1. The van der Waals surface area contributed by atoms with Crippen LogP contribution in [0.2, 0.25) is 0 Å². The molecule has 3 heterocycles. The number of hydrogen-bond acceptors (Lipinski definition) is 3. The highest BCUT2D eigenvalue weighted by molar-refractivity contribution is 6.12. The molecule has 0 unspecified atom stereocenters. The van der Waals surface area contributed by atoms with E-state index in [9.17, 15) is 0 Å². The van der Waals surface area contributed by atoms with Crippen LogP contribution in [0.1, 0.15) is 28.1 Å². The highest BCUT2D eigenvalue weighted by atomic mass is 16.5. The number of nitrogens with one attached hydrogen (secondary N) is 1. The molecule has 1 N–H and O–H groups in total. The number of aromatic nitrogens is 1. The lowest BCUT2D eigenvalue weighted by atomic mass is 10.1. The number of benzene rings is 1. The zero-order valence-corrected chi connectivity index (χ0v) is 14.1. The number of ether oxygens (including phenoxy) is 2. The summed E-state index contributed by atoms with van der Waals surface area (Å²) in [6.45, 7) is 4.90. The summed E-state index contributed by atoms with van der Waals surface area (Å²) in [5, 5.41) is 0. The lowest BCUT2D eigenvalue weighted by Gasteiger charge is -2.02. The minimum atomic E-state index is 0.765. The Labute approximate surface area is 141 Å². The number of hydrogen-bond donors (Lipinski definition) is 1. The number of methoxy groups -OCH3 is 1. The summed E-state index contributed by atoms with van der Waals surface area (Å²) in [4.78, 5) is 8.12. The molecule has 0 spiro atoms. The Morgan fingerprint density at radius 3 is 2.88 bits per heavy atom. The molecule has 2 aromatic rings. The van der Waals surface area contributed by atoms with Crippen molar-refractivity contribution >= 4 is 11.8 Å². The second-order valence-corrected chi connectivity index (χ2v) is 6.21. The van der Waals surface area contributed by atoms with E-state index in [1.54, 1.807) is 7.11 Å². The second-order valence-electron chi connectivity index (χ2n) is 6.21. The van der Waals surface area contributed by atoms with Gasteiger partial charge in [-0.25, -0.2) is 4.99 Å². The van der Waals surface area contributed by atoms with Gasteiger partial charge in [0.25, 0.3) is 0 Å². The molecule has 0 aliphatic carbocycles. The number of aliphatic imine (C=N–C) groups is 1. The number of nitrogens with zero attached hydrogens (tertiary/aromatic N) is 1. The minimum absolute atomic E-state index is 0.765. The van der Waals surface area contributed by atoms with Crippen molar-refractivity contribution in [3.63, 3.8) is 0 Å². The molecule has 0 bridgehead atoms. The fourth-order valence-corrected chi connectivity index (χ4v) is 3.19. The van der Waals surface area contributed by atoms with Gasteiger partial charge in [0.2, 0.25) is 0 Å². The Balaban J connectivity index is 1.72. The van der Waals surface area contributed by atoms with Crippen molar-refractivity contribution in [3.05, 3.63) is 69.9 Å². The maximum absolute atomic E-state index is 5.67. The van der Waals surface area contributed by atoms with E-state index >= 15 is 0 Å². The Kier molecular flexibility index (Phi) is 3.53. The molecule has 122 valence electrons. The molecular weight excluding hydrogens is 300 g/mol. The molecule has 1 aromatic carbocycles. The fourth-order valence-electron chi connectivity index (χ4n) is 3.19. The van der Waals surface area contributed by atoms with E-state index in [1.807, 2.05) is 12.2 Å². The van der Waals surface area contributed by atoms with Gasteiger partial charge in [0.1, 0.15) is 17.2 Å². The average molecular weight is 320 g/mol. The van der Waals surface area contributed by atoms with Crippen molar-refractivity contribution in [2.45, 2.75) is 20.3 Å². The molecule has 0 saturated heterocycles. The number of aromatic amines is 1. The maximum atomic E-state index is 5.67. The number of aryl methyl sites for hydroxylation is 2. The van der Waals surface area contributed by atoms with Gasteiger partial charge in [0.05, 0.1) is 19.4 Å². The molecule has 4 rings (SSSR count). The summed E-state index contributed by atoms with van der Waals surface area (Å²) in [6.07, 6.45) is 5.00. The minimum Gasteiger partial charge on any atom is -0.494 e. The third-order valence-electron chi connectivity index (χ3n) is 4.44. The van der Waals surface area contributed by atoms with Crippen LogP contribution in [0.3, 0.4) is 0 Å². The Bertz CT molecular complexity index is 900. The number of rotatable bonds is 3. The molecule has 0 fully saturated rings. The summed E-state index contributed by atoms with van der Waals surface area (Å²) in [6, 6.07) is 8.42. The average Bonchev–Trinajstić information content (AvgIpc) is 3.26. The lowest BCUT2D eigenvalue weighted by Crippen LogP contribution is -1.94. The zero-order valence-electron chi connectivity index (χ0n) is 14.1. The van der Waals surface area contributed by atoms with Crippen LogP contribution in [-0.4, -0.2) is 24.4 Å². The van der Waals surface area contributed by atoms with Crippen LogP contribution in [0.25, 0.3) is 6.08 Å². The molecule has 4 heteroatoms. The quantitative estimate of drug-likeness (QED) is 0.931. The van der Waals surface area contributed by atoms with E-state index in [0.29, 0.717) is 0 Å². The molecule has 2 aliphatic rings. The van der Waals surface area contributed by atoms with Crippen LogP contribution in [-0.2, 0) is 11.2 Å². The molecular formula is C20H20N2O2. The van der Waals surface area contributed by atoms with Crippen LogP contribution >= 0.6 is 0 Å². The van der Waals surface area contributed by atoms with Crippen molar-refractivity contribution in [2.75, 3.05) is 13.7 Å². The van der Waals surface area contributed by atoms with Gasteiger partial charge in [0, 0.05) is 29.4 Å². The lowest BCUT2D eigenvalue weighted by molar-refractivity contribution is 0.303. The van der Waals surface area contributed by atoms with Crippen LogP contribution in [0.15, 0.2) is 46.8 Å². The molecule has 0 atom stereocenters. The Hall–Kier alpha value is -2.75. The first-order valence-corrected chi connectivity index (χ1v) is 8.13. The summed E-state index contributed by atoms with van der Waals surface area (Å²) >= 11 is 0. The van der Waals surface area contributed by atoms with Gasteiger partial charge >= 0.3 is 0 Å². The van der Waals surface area contributed by atoms with Gasteiger partial charge in [-0.1, -0.05) is 12.1 Å². The first-order valence-electron chi connectivity index (χ1n) is 8.13. The molecule has 4 nitrogen and oxygen atoms in total. The van der Waals surface area contributed by atoms with Crippen LogP contribution < -0.4 is 4.74 Å². The monoisotopic (exact) mass is 320 g/mol. The third-order valence-corrected chi connectivity index (χ3v) is 4.44. The molecule has 0 radical (unpaired) electrons. The molecule has 1 aromatic heterocycles. The van der Waals surface area contributed by atoms with Crippen molar-refractivity contribution in [1.29, 1.82) is 0 Å². The van der Waals surface area contributed by atoms with Crippen molar-refractivity contribution in [2.24, 2.45) is 4.99 Å². The number of H-pyrrole nitrogens is 1. The highest BCUT2D eigenvalue weighted by Gasteiger charge is 2.19. The molecule has 24 heavy (non-hydrogen) atoms. The largest absolute Gasteiger partial charge is 0.494 e. The number of fused-ring (bicyclic) bond motifs is 1. The summed E-state index contributed by atoms with van der Waals surface area (Å²) in [5.41, 5.74) is 7.45. The van der Waals surface area contributed by atoms with E-state index in [2.05, 4.69) is 43.1 Å². The van der Waals surface area contributed by atoms with Gasteiger partial charge < -0.3 is 14.5 Å². The van der Waals surface area contributed by atoms with E-state index < -0.39 is 0 Å². The first kappa shape index (κ1) is 14.8. The normalized spacial score (nSPS) is 17.5. The fraction of sp³-hybridized carbons (Fsp3) is 0.250. The Morgan fingerprint density at radius 2 is 2.12 bits per heavy atom. The first-order chi connectivity index (χ1) is 11.6. The SMILES string of the molecule is COC1=CC(c2ccc3c(c2)OCC3)=N/C1=C/c1[nH]c(C)cc1C.